The zero-order chi connectivity index (χ0) is 18.8. The van der Waals surface area contributed by atoms with Crippen LogP contribution in [0.3, 0.4) is 0 Å². The Morgan fingerprint density at radius 2 is 1.59 bits per heavy atom. The molecule has 1 aliphatic carbocycles. The van der Waals surface area contributed by atoms with Gasteiger partial charge in [-0.05, 0) is 77.1 Å². The Hall–Kier alpha value is -2.48. The van der Waals surface area contributed by atoms with Gasteiger partial charge in [0.1, 0.15) is 0 Å². The van der Waals surface area contributed by atoms with E-state index < -0.39 is 11.6 Å². The second-order valence-electron chi connectivity index (χ2n) is 7.54. The summed E-state index contributed by atoms with van der Waals surface area (Å²) in [6, 6.07) is 19.9. The Balaban J connectivity index is 1.55. The number of fused-ring (bicyclic) bond motifs is 1. The van der Waals surface area contributed by atoms with Crippen molar-refractivity contribution in [2.24, 2.45) is 0 Å². The fourth-order valence-electron chi connectivity index (χ4n) is 4.14. The van der Waals surface area contributed by atoms with E-state index in [0.717, 1.165) is 37.7 Å². The summed E-state index contributed by atoms with van der Waals surface area (Å²) in [6.07, 6.45) is 5.11. The van der Waals surface area contributed by atoms with Crippen molar-refractivity contribution < 1.29 is 8.78 Å². The summed E-state index contributed by atoms with van der Waals surface area (Å²) in [5.41, 5.74) is 7.48. The summed E-state index contributed by atoms with van der Waals surface area (Å²) in [4.78, 5) is 0. The van der Waals surface area contributed by atoms with Gasteiger partial charge in [-0.2, -0.15) is 0 Å². The standard InChI is InChI=1S/C25H24F2/c1-2-3-17-4-6-18(7-5-17)19-8-9-21-15-22(11-10-20(21)14-19)23-12-13-24(26)25(27)16-23/h4-9,12-14,16,22H,2-3,10-11,15H2,1H3. The third-order valence-electron chi connectivity index (χ3n) is 5.68. The van der Waals surface area contributed by atoms with E-state index >= 15 is 0 Å². The Morgan fingerprint density at radius 1 is 0.815 bits per heavy atom. The highest BCUT2D eigenvalue weighted by atomic mass is 19.2. The van der Waals surface area contributed by atoms with Crippen LogP contribution in [0.15, 0.2) is 60.7 Å². The van der Waals surface area contributed by atoms with Gasteiger partial charge in [-0.15, -0.1) is 0 Å². The van der Waals surface area contributed by atoms with Gasteiger partial charge in [-0.3, -0.25) is 0 Å². The molecule has 0 bridgehead atoms. The minimum atomic E-state index is -0.774. The van der Waals surface area contributed by atoms with Crippen LogP contribution in [-0.2, 0) is 19.3 Å². The quantitative estimate of drug-likeness (QED) is 0.476. The van der Waals surface area contributed by atoms with Gasteiger partial charge < -0.3 is 0 Å². The lowest BCUT2D eigenvalue weighted by molar-refractivity contribution is 0.501. The van der Waals surface area contributed by atoms with E-state index in [1.165, 1.54) is 39.9 Å². The van der Waals surface area contributed by atoms with Gasteiger partial charge >= 0.3 is 0 Å². The number of aryl methyl sites for hydroxylation is 2. The van der Waals surface area contributed by atoms with Crippen LogP contribution in [0.5, 0.6) is 0 Å². The van der Waals surface area contributed by atoms with Crippen LogP contribution in [0.1, 0.15) is 47.9 Å². The SMILES string of the molecule is CCCc1ccc(-c2ccc3c(c2)CCC(c2ccc(F)c(F)c2)C3)cc1. The highest BCUT2D eigenvalue weighted by Crippen LogP contribution is 2.35. The molecular weight excluding hydrogens is 338 g/mol. The average molecular weight is 362 g/mol. The van der Waals surface area contributed by atoms with E-state index in [1.54, 1.807) is 6.07 Å². The largest absolute Gasteiger partial charge is 0.204 e. The van der Waals surface area contributed by atoms with Gasteiger partial charge in [0.05, 0.1) is 0 Å². The van der Waals surface area contributed by atoms with E-state index in [9.17, 15) is 8.78 Å². The molecule has 0 amide bonds. The monoisotopic (exact) mass is 362 g/mol. The summed E-state index contributed by atoms with van der Waals surface area (Å²) in [5.74, 6) is -1.27. The van der Waals surface area contributed by atoms with E-state index in [4.69, 9.17) is 0 Å². The second kappa shape index (κ2) is 7.64. The van der Waals surface area contributed by atoms with Crippen LogP contribution in [0.25, 0.3) is 11.1 Å². The zero-order valence-electron chi connectivity index (χ0n) is 15.6. The first-order chi connectivity index (χ1) is 13.1. The van der Waals surface area contributed by atoms with Crippen LogP contribution in [0.2, 0.25) is 0 Å². The molecule has 0 aliphatic heterocycles. The Bertz CT molecular complexity index is 941. The first-order valence-electron chi connectivity index (χ1n) is 9.80. The predicted octanol–water partition coefficient (Wildman–Crippen LogP) is 6.86. The van der Waals surface area contributed by atoms with Gasteiger partial charge in [0.15, 0.2) is 11.6 Å². The number of hydrogen-bond acceptors (Lipinski definition) is 0. The molecule has 138 valence electrons. The predicted molar refractivity (Wildman–Crippen MR) is 107 cm³/mol. The van der Waals surface area contributed by atoms with Crippen molar-refractivity contribution in [3.8, 4) is 11.1 Å². The number of benzene rings is 3. The van der Waals surface area contributed by atoms with Crippen LogP contribution in [0, 0.1) is 11.6 Å². The summed E-state index contributed by atoms with van der Waals surface area (Å²) in [6.45, 7) is 2.20. The number of rotatable bonds is 4. The second-order valence-corrected chi connectivity index (χ2v) is 7.54. The molecule has 3 aromatic carbocycles. The van der Waals surface area contributed by atoms with Crippen LogP contribution < -0.4 is 0 Å². The molecule has 0 radical (unpaired) electrons. The highest BCUT2D eigenvalue weighted by Gasteiger charge is 2.21. The maximum absolute atomic E-state index is 13.6. The first-order valence-corrected chi connectivity index (χ1v) is 9.80. The third-order valence-corrected chi connectivity index (χ3v) is 5.68. The molecule has 3 aromatic rings. The molecule has 0 heterocycles. The molecule has 27 heavy (non-hydrogen) atoms. The van der Waals surface area contributed by atoms with Gasteiger partial charge in [0.2, 0.25) is 0 Å². The van der Waals surface area contributed by atoms with Crippen molar-refractivity contribution in [3.63, 3.8) is 0 Å². The van der Waals surface area contributed by atoms with E-state index in [1.807, 2.05) is 0 Å². The molecule has 0 N–H and O–H groups in total. The van der Waals surface area contributed by atoms with E-state index in [2.05, 4.69) is 49.4 Å². The maximum atomic E-state index is 13.6. The van der Waals surface area contributed by atoms with Crippen LogP contribution in [-0.4, -0.2) is 0 Å². The van der Waals surface area contributed by atoms with Gasteiger partial charge in [0, 0.05) is 0 Å². The molecule has 0 fully saturated rings. The van der Waals surface area contributed by atoms with Crippen molar-refractivity contribution in [1.82, 2.24) is 0 Å². The Kier molecular flexibility index (Phi) is 5.07. The van der Waals surface area contributed by atoms with E-state index in [-0.39, 0.29) is 5.92 Å². The molecule has 0 spiro atoms. The molecule has 0 nitrogen and oxygen atoms in total. The van der Waals surface area contributed by atoms with Crippen molar-refractivity contribution in [1.29, 1.82) is 0 Å². The van der Waals surface area contributed by atoms with Crippen LogP contribution in [0.4, 0.5) is 8.78 Å². The normalized spacial score (nSPS) is 16.2. The number of hydrogen-bond donors (Lipinski definition) is 0. The Labute approximate surface area is 159 Å². The molecule has 0 saturated carbocycles. The van der Waals surface area contributed by atoms with Gasteiger partial charge in [-0.25, -0.2) is 8.78 Å². The minimum Gasteiger partial charge on any atom is -0.204 e. The smallest absolute Gasteiger partial charge is 0.159 e. The molecule has 1 aliphatic rings. The fraction of sp³-hybridized carbons (Fsp3) is 0.280. The van der Waals surface area contributed by atoms with Crippen molar-refractivity contribution in [2.45, 2.75) is 44.9 Å². The van der Waals surface area contributed by atoms with Crippen LogP contribution >= 0.6 is 0 Å². The Morgan fingerprint density at radius 3 is 2.33 bits per heavy atom. The molecule has 0 aromatic heterocycles. The average Bonchev–Trinajstić information content (AvgIpc) is 2.70. The molecular formula is C25H24F2. The van der Waals surface area contributed by atoms with Gasteiger partial charge in [0.25, 0.3) is 0 Å². The third kappa shape index (κ3) is 3.80. The van der Waals surface area contributed by atoms with Crippen molar-refractivity contribution in [3.05, 3.63) is 94.6 Å². The fourth-order valence-corrected chi connectivity index (χ4v) is 4.14. The summed E-state index contributed by atoms with van der Waals surface area (Å²) in [5, 5.41) is 0. The lowest BCUT2D eigenvalue weighted by atomic mass is 9.79. The number of halogens is 2. The summed E-state index contributed by atoms with van der Waals surface area (Å²) in [7, 11) is 0. The summed E-state index contributed by atoms with van der Waals surface area (Å²) >= 11 is 0. The van der Waals surface area contributed by atoms with E-state index in [0.29, 0.717) is 0 Å². The van der Waals surface area contributed by atoms with Crippen molar-refractivity contribution in [2.75, 3.05) is 0 Å². The zero-order valence-corrected chi connectivity index (χ0v) is 15.6. The highest BCUT2D eigenvalue weighted by molar-refractivity contribution is 5.65. The lowest BCUT2D eigenvalue weighted by Gasteiger charge is -2.25. The minimum absolute atomic E-state index is 0.256. The molecule has 4 rings (SSSR count). The van der Waals surface area contributed by atoms with Gasteiger partial charge in [-0.1, -0.05) is 61.9 Å². The first kappa shape index (κ1) is 17.9. The lowest BCUT2D eigenvalue weighted by Crippen LogP contribution is -2.13. The molecule has 2 heteroatoms. The van der Waals surface area contributed by atoms with Crippen molar-refractivity contribution >= 4 is 0 Å². The maximum Gasteiger partial charge on any atom is 0.159 e. The molecule has 1 unspecified atom stereocenters. The summed E-state index contributed by atoms with van der Waals surface area (Å²) < 4.78 is 26.8. The molecule has 0 saturated heterocycles. The topological polar surface area (TPSA) is 0 Å². The molecule has 1 atom stereocenters.